The van der Waals surface area contributed by atoms with Crippen LogP contribution >= 0.6 is 23.2 Å². The van der Waals surface area contributed by atoms with E-state index in [1.165, 1.54) is 0 Å². The normalized spacial score (nSPS) is 11.6. The Labute approximate surface area is 116 Å². The van der Waals surface area contributed by atoms with E-state index < -0.39 is 0 Å². The first kappa shape index (κ1) is 13.3. The molecule has 0 amide bonds. The highest BCUT2D eigenvalue weighted by atomic mass is 35.5. The highest BCUT2D eigenvalue weighted by Gasteiger charge is 2.18. The third kappa shape index (κ3) is 3.21. The Morgan fingerprint density at radius 3 is 2.11 bits per heavy atom. The van der Waals surface area contributed by atoms with Crippen LogP contribution in [-0.4, -0.2) is 0 Å². The van der Waals surface area contributed by atoms with Gasteiger partial charge in [-0.05, 0) is 24.3 Å². The van der Waals surface area contributed by atoms with Crippen LogP contribution in [0.2, 0.25) is 10.0 Å². The first-order valence-electron chi connectivity index (χ1n) is 5.59. The molecule has 0 fully saturated rings. The van der Waals surface area contributed by atoms with Crippen LogP contribution in [0.25, 0.3) is 0 Å². The molecule has 0 N–H and O–H groups in total. The van der Waals surface area contributed by atoms with Crippen molar-refractivity contribution in [2.45, 2.75) is 26.2 Å². The number of ether oxygens (including phenoxy) is 1. The van der Waals surface area contributed by atoms with E-state index in [1.807, 2.05) is 6.07 Å². The molecule has 1 heterocycles. The van der Waals surface area contributed by atoms with E-state index in [2.05, 4.69) is 20.8 Å². The van der Waals surface area contributed by atoms with Gasteiger partial charge < -0.3 is 9.15 Å². The van der Waals surface area contributed by atoms with Crippen molar-refractivity contribution in [1.29, 1.82) is 0 Å². The van der Waals surface area contributed by atoms with Gasteiger partial charge in [-0.25, -0.2) is 0 Å². The summed E-state index contributed by atoms with van der Waals surface area (Å²) in [6.45, 7) is 6.23. The smallest absolute Gasteiger partial charge is 0.290 e. The van der Waals surface area contributed by atoms with Crippen molar-refractivity contribution in [1.82, 2.24) is 0 Å². The summed E-state index contributed by atoms with van der Waals surface area (Å²) in [5.41, 5.74) is -0.0480. The minimum absolute atomic E-state index is 0.0480. The monoisotopic (exact) mass is 284 g/mol. The zero-order valence-corrected chi connectivity index (χ0v) is 12.0. The second-order valence-electron chi connectivity index (χ2n) is 5.08. The van der Waals surface area contributed by atoms with E-state index in [-0.39, 0.29) is 5.41 Å². The van der Waals surface area contributed by atoms with Gasteiger partial charge in [0.25, 0.3) is 5.95 Å². The first-order chi connectivity index (χ1) is 8.34. The molecule has 0 aliphatic rings. The van der Waals surface area contributed by atoms with Crippen molar-refractivity contribution in [2.75, 3.05) is 0 Å². The fourth-order valence-corrected chi connectivity index (χ4v) is 1.99. The van der Waals surface area contributed by atoms with E-state index in [4.69, 9.17) is 32.4 Å². The van der Waals surface area contributed by atoms with Gasteiger partial charge in [0.2, 0.25) is 0 Å². The molecular weight excluding hydrogens is 271 g/mol. The molecule has 96 valence electrons. The van der Waals surface area contributed by atoms with Crippen molar-refractivity contribution in [2.24, 2.45) is 0 Å². The van der Waals surface area contributed by atoms with Gasteiger partial charge in [0.05, 0.1) is 0 Å². The molecule has 0 saturated carbocycles. The highest BCUT2D eigenvalue weighted by Crippen LogP contribution is 2.32. The predicted octanol–water partition coefficient (Wildman–Crippen LogP) is 5.68. The number of hydrogen-bond donors (Lipinski definition) is 0. The summed E-state index contributed by atoms with van der Waals surface area (Å²) in [4.78, 5) is 0. The van der Waals surface area contributed by atoms with Crippen LogP contribution in [0.1, 0.15) is 26.5 Å². The van der Waals surface area contributed by atoms with Crippen LogP contribution in [0.3, 0.4) is 0 Å². The van der Waals surface area contributed by atoms with Gasteiger partial charge in [-0.3, -0.25) is 0 Å². The van der Waals surface area contributed by atoms with Gasteiger partial charge in [0, 0.05) is 21.5 Å². The summed E-state index contributed by atoms with van der Waals surface area (Å²) < 4.78 is 11.2. The second kappa shape index (κ2) is 4.87. The summed E-state index contributed by atoms with van der Waals surface area (Å²) in [7, 11) is 0. The van der Waals surface area contributed by atoms with Crippen molar-refractivity contribution in [3.63, 3.8) is 0 Å². The van der Waals surface area contributed by atoms with Crippen LogP contribution in [0, 0.1) is 0 Å². The SMILES string of the molecule is CC(C)(C)c1ccc(Oc2cc(Cl)cc(Cl)c2)o1. The van der Waals surface area contributed by atoms with Crippen LogP contribution in [-0.2, 0) is 5.41 Å². The third-order valence-corrected chi connectivity index (χ3v) is 2.81. The molecule has 0 spiro atoms. The molecule has 2 nitrogen and oxygen atoms in total. The molecule has 0 saturated heterocycles. The predicted molar refractivity (Wildman–Crippen MR) is 73.9 cm³/mol. The van der Waals surface area contributed by atoms with Gasteiger partial charge >= 0.3 is 0 Å². The van der Waals surface area contributed by atoms with Gasteiger partial charge in [-0.15, -0.1) is 0 Å². The molecule has 1 aromatic carbocycles. The molecule has 0 unspecified atom stereocenters. The Hall–Kier alpha value is -1.12. The standard InChI is InChI=1S/C14H14Cl2O2/c1-14(2,3)12-4-5-13(18-12)17-11-7-9(15)6-10(16)8-11/h4-8H,1-3H3. The maximum absolute atomic E-state index is 5.90. The Morgan fingerprint density at radius 2 is 1.61 bits per heavy atom. The number of benzene rings is 1. The molecule has 0 radical (unpaired) electrons. The largest absolute Gasteiger partial charge is 0.430 e. The molecule has 0 aliphatic carbocycles. The summed E-state index contributed by atoms with van der Waals surface area (Å²) in [5, 5.41) is 1.06. The number of halogens is 2. The van der Waals surface area contributed by atoms with E-state index in [9.17, 15) is 0 Å². The summed E-state index contributed by atoms with van der Waals surface area (Å²) in [5.74, 6) is 1.85. The zero-order valence-electron chi connectivity index (χ0n) is 10.5. The molecule has 18 heavy (non-hydrogen) atoms. The lowest BCUT2D eigenvalue weighted by Crippen LogP contribution is -2.08. The van der Waals surface area contributed by atoms with Crippen molar-refractivity contribution in [3.8, 4) is 11.7 Å². The fraction of sp³-hybridized carbons (Fsp3) is 0.286. The lowest BCUT2D eigenvalue weighted by atomic mass is 9.94. The van der Waals surface area contributed by atoms with Gasteiger partial charge in [0.1, 0.15) is 11.5 Å². The van der Waals surface area contributed by atoms with Crippen LogP contribution in [0.5, 0.6) is 11.7 Å². The summed E-state index contributed by atoms with van der Waals surface area (Å²) in [6, 6.07) is 8.72. The highest BCUT2D eigenvalue weighted by molar-refractivity contribution is 6.34. The topological polar surface area (TPSA) is 22.4 Å². The molecule has 0 bridgehead atoms. The molecule has 1 aromatic heterocycles. The number of furan rings is 1. The summed E-state index contributed by atoms with van der Waals surface area (Å²) in [6.07, 6.45) is 0. The quantitative estimate of drug-likeness (QED) is 0.708. The van der Waals surface area contributed by atoms with Gasteiger partial charge in [0.15, 0.2) is 0 Å². The Morgan fingerprint density at radius 1 is 1.00 bits per heavy atom. The molecule has 4 heteroatoms. The van der Waals surface area contributed by atoms with E-state index >= 15 is 0 Å². The van der Waals surface area contributed by atoms with E-state index in [1.54, 1.807) is 24.3 Å². The molecule has 0 atom stereocenters. The number of rotatable bonds is 2. The van der Waals surface area contributed by atoms with Gasteiger partial charge in [-0.1, -0.05) is 44.0 Å². The lowest BCUT2D eigenvalue weighted by molar-refractivity contribution is 0.306. The molecular formula is C14H14Cl2O2. The van der Waals surface area contributed by atoms with Crippen molar-refractivity contribution in [3.05, 3.63) is 46.1 Å². The summed E-state index contributed by atoms with van der Waals surface area (Å²) >= 11 is 11.8. The third-order valence-electron chi connectivity index (χ3n) is 2.38. The minimum Gasteiger partial charge on any atom is -0.430 e. The van der Waals surface area contributed by atoms with Crippen molar-refractivity contribution >= 4 is 23.2 Å². The van der Waals surface area contributed by atoms with Crippen LogP contribution in [0.15, 0.2) is 34.7 Å². The molecule has 2 aromatic rings. The Kier molecular flexibility index (Phi) is 3.60. The Bertz CT molecular complexity index is 533. The fourth-order valence-electron chi connectivity index (χ4n) is 1.48. The first-order valence-corrected chi connectivity index (χ1v) is 6.34. The average molecular weight is 285 g/mol. The lowest BCUT2D eigenvalue weighted by Gasteiger charge is -2.14. The van der Waals surface area contributed by atoms with Crippen LogP contribution < -0.4 is 4.74 Å². The average Bonchev–Trinajstić information content (AvgIpc) is 2.63. The number of hydrogen-bond acceptors (Lipinski definition) is 2. The van der Waals surface area contributed by atoms with Gasteiger partial charge in [-0.2, -0.15) is 0 Å². The molecule has 2 rings (SSSR count). The second-order valence-corrected chi connectivity index (χ2v) is 5.95. The maximum atomic E-state index is 5.90. The van der Waals surface area contributed by atoms with Crippen LogP contribution in [0.4, 0.5) is 0 Å². The van der Waals surface area contributed by atoms with E-state index in [0.717, 1.165) is 5.76 Å². The Balaban J connectivity index is 2.21. The zero-order chi connectivity index (χ0) is 13.3. The van der Waals surface area contributed by atoms with E-state index in [0.29, 0.717) is 21.7 Å². The molecule has 0 aliphatic heterocycles. The maximum Gasteiger partial charge on any atom is 0.290 e. The minimum atomic E-state index is -0.0480. The van der Waals surface area contributed by atoms with Crippen molar-refractivity contribution < 1.29 is 9.15 Å².